The maximum absolute atomic E-state index is 12.6. The lowest BCUT2D eigenvalue weighted by molar-refractivity contribution is -0.00903. The lowest BCUT2D eigenvalue weighted by Crippen LogP contribution is -2.27. The van der Waals surface area contributed by atoms with Crippen molar-refractivity contribution < 1.29 is 9.53 Å². The van der Waals surface area contributed by atoms with E-state index in [-0.39, 0.29) is 18.1 Å². The zero-order chi connectivity index (χ0) is 17.3. The number of rotatable bonds is 3. The summed E-state index contributed by atoms with van der Waals surface area (Å²) in [7, 11) is 1.84. The molecule has 1 aromatic heterocycles. The van der Waals surface area contributed by atoms with E-state index in [4.69, 9.17) is 10.00 Å². The molecular formula is C18H20N4O2. The minimum Gasteiger partial charge on any atom is -0.369 e. The number of fused-ring (bicyclic) bond motifs is 1. The molecule has 0 aliphatic carbocycles. The monoisotopic (exact) mass is 324 g/mol. The molecule has 0 bridgehead atoms. The minimum atomic E-state index is -0.199. The summed E-state index contributed by atoms with van der Waals surface area (Å²) >= 11 is 0. The van der Waals surface area contributed by atoms with Crippen LogP contribution in [0, 0.1) is 11.3 Å². The van der Waals surface area contributed by atoms with E-state index >= 15 is 0 Å². The second kappa shape index (κ2) is 6.46. The molecule has 0 saturated carbocycles. The van der Waals surface area contributed by atoms with E-state index in [1.807, 2.05) is 33.0 Å². The van der Waals surface area contributed by atoms with E-state index in [1.54, 1.807) is 16.8 Å². The zero-order valence-electron chi connectivity index (χ0n) is 14.0. The number of aryl methyl sites for hydroxylation is 1. The molecule has 1 aliphatic heterocycles. The summed E-state index contributed by atoms with van der Waals surface area (Å²) in [6, 6.07) is 9.30. The molecular weight excluding hydrogens is 304 g/mol. The van der Waals surface area contributed by atoms with Gasteiger partial charge in [0.2, 0.25) is 0 Å². The molecule has 0 fully saturated rings. The van der Waals surface area contributed by atoms with Crippen molar-refractivity contribution in [3.05, 3.63) is 52.3 Å². The van der Waals surface area contributed by atoms with Gasteiger partial charge >= 0.3 is 0 Å². The largest absolute Gasteiger partial charge is 0.369 e. The maximum atomic E-state index is 12.6. The summed E-state index contributed by atoms with van der Waals surface area (Å²) < 4.78 is 7.55. The summed E-state index contributed by atoms with van der Waals surface area (Å²) in [5.41, 5.74) is 3.86. The van der Waals surface area contributed by atoms with Gasteiger partial charge in [-0.05, 0) is 31.5 Å². The molecule has 2 heterocycles. The number of benzene rings is 1. The molecule has 2 aromatic rings. The summed E-state index contributed by atoms with van der Waals surface area (Å²) in [5, 5.41) is 16.2. The van der Waals surface area contributed by atoms with Gasteiger partial charge in [0.25, 0.3) is 5.91 Å². The Hall–Kier alpha value is -2.65. The van der Waals surface area contributed by atoms with Gasteiger partial charge in [-0.2, -0.15) is 10.4 Å². The van der Waals surface area contributed by atoms with Gasteiger partial charge < -0.3 is 10.1 Å². The number of hydrogen-bond acceptors (Lipinski definition) is 4. The average Bonchev–Trinajstić information content (AvgIpc) is 2.89. The predicted octanol–water partition coefficient (Wildman–Crippen LogP) is 2.24. The van der Waals surface area contributed by atoms with Crippen LogP contribution in [-0.4, -0.2) is 21.8 Å². The van der Waals surface area contributed by atoms with Gasteiger partial charge in [-0.1, -0.05) is 12.1 Å². The highest BCUT2D eigenvalue weighted by molar-refractivity contribution is 5.94. The first kappa shape index (κ1) is 16.2. The van der Waals surface area contributed by atoms with Gasteiger partial charge in [0.15, 0.2) is 5.69 Å². The number of aromatic nitrogens is 2. The van der Waals surface area contributed by atoms with Crippen LogP contribution in [0.25, 0.3) is 0 Å². The molecule has 0 unspecified atom stereocenters. The first-order chi connectivity index (χ1) is 11.5. The molecule has 1 aromatic carbocycles. The van der Waals surface area contributed by atoms with Crippen molar-refractivity contribution in [3.63, 3.8) is 0 Å². The van der Waals surface area contributed by atoms with Crippen molar-refractivity contribution in [1.82, 2.24) is 15.1 Å². The van der Waals surface area contributed by atoms with Crippen molar-refractivity contribution in [2.45, 2.75) is 39.0 Å². The molecule has 2 atom stereocenters. The van der Waals surface area contributed by atoms with Crippen LogP contribution in [0.3, 0.4) is 0 Å². The second-order valence-corrected chi connectivity index (χ2v) is 6.12. The molecule has 6 nitrogen and oxygen atoms in total. The van der Waals surface area contributed by atoms with Gasteiger partial charge in [-0.15, -0.1) is 0 Å². The van der Waals surface area contributed by atoms with Crippen LogP contribution >= 0.6 is 0 Å². The quantitative estimate of drug-likeness (QED) is 0.939. The predicted molar refractivity (Wildman–Crippen MR) is 88.2 cm³/mol. The molecule has 24 heavy (non-hydrogen) atoms. The molecule has 0 spiro atoms. The topological polar surface area (TPSA) is 79.9 Å². The third-order valence-electron chi connectivity index (χ3n) is 4.23. The third-order valence-corrected chi connectivity index (χ3v) is 4.23. The number of carbonyl (C=O) groups is 1. The zero-order valence-corrected chi connectivity index (χ0v) is 14.0. The minimum absolute atomic E-state index is 0.0653. The summed E-state index contributed by atoms with van der Waals surface area (Å²) in [6.45, 7) is 4.34. The maximum Gasteiger partial charge on any atom is 0.272 e. The number of carbonyl (C=O) groups excluding carboxylic acids is 1. The Morgan fingerprint density at radius 1 is 1.50 bits per heavy atom. The molecule has 0 saturated heterocycles. The first-order valence-corrected chi connectivity index (χ1v) is 7.98. The number of hydrogen-bond donors (Lipinski definition) is 1. The number of amides is 1. The van der Waals surface area contributed by atoms with Crippen LogP contribution < -0.4 is 5.32 Å². The van der Waals surface area contributed by atoms with Crippen molar-refractivity contribution >= 4 is 5.91 Å². The summed E-state index contributed by atoms with van der Waals surface area (Å²) in [5.74, 6) is -0.199. The Morgan fingerprint density at radius 2 is 2.29 bits per heavy atom. The number of nitrogens with one attached hydrogen (secondary N) is 1. The van der Waals surface area contributed by atoms with Crippen LogP contribution in [0.4, 0.5) is 0 Å². The fourth-order valence-electron chi connectivity index (χ4n) is 3.24. The lowest BCUT2D eigenvalue weighted by atomic mass is 9.99. The van der Waals surface area contributed by atoms with E-state index < -0.39 is 0 Å². The highest BCUT2D eigenvalue weighted by atomic mass is 16.5. The van der Waals surface area contributed by atoms with E-state index in [9.17, 15) is 4.79 Å². The fraction of sp³-hybridized carbons (Fsp3) is 0.389. The lowest BCUT2D eigenvalue weighted by Gasteiger charge is -2.26. The van der Waals surface area contributed by atoms with Gasteiger partial charge in [0, 0.05) is 25.6 Å². The number of nitriles is 1. The SMILES string of the molecule is C[C@@H]1Cc2c(C(=O)NCc3cccc(C#N)c3)nn(C)c2[C@H](C)O1. The van der Waals surface area contributed by atoms with Crippen molar-refractivity contribution in [2.24, 2.45) is 7.05 Å². The van der Waals surface area contributed by atoms with Crippen molar-refractivity contribution in [1.29, 1.82) is 5.26 Å². The summed E-state index contributed by atoms with van der Waals surface area (Å²) in [6.07, 6.45) is 0.672. The second-order valence-electron chi connectivity index (χ2n) is 6.12. The van der Waals surface area contributed by atoms with Gasteiger partial charge in [0.05, 0.1) is 29.5 Å². The fourth-order valence-corrected chi connectivity index (χ4v) is 3.24. The number of ether oxygens (including phenoxy) is 1. The highest BCUT2D eigenvalue weighted by Gasteiger charge is 2.31. The average molecular weight is 324 g/mol. The molecule has 1 aliphatic rings. The Kier molecular flexibility index (Phi) is 4.36. The Labute approximate surface area is 141 Å². The van der Waals surface area contributed by atoms with Crippen molar-refractivity contribution in [2.75, 3.05) is 0 Å². The Balaban J connectivity index is 1.79. The smallest absolute Gasteiger partial charge is 0.272 e. The van der Waals surface area contributed by atoms with E-state index in [2.05, 4.69) is 16.5 Å². The normalized spacial score (nSPS) is 19.4. The Bertz CT molecular complexity index is 819. The molecule has 3 rings (SSSR count). The van der Waals surface area contributed by atoms with Gasteiger partial charge in [0.1, 0.15) is 0 Å². The third kappa shape index (κ3) is 3.03. The summed E-state index contributed by atoms with van der Waals surface area (Å²) in [4.78, 5) is 12.6. The number of nitrogens with zero attached hydrogens (tertiary/aromatic N) is 3. The van der Waals surface area contributed by atoms with E-state index in [0.29, 0.717) is 24.2 Å². The standard InChI is InChI=1S/C18H20N4O2/c1-11-7-15-16(21-22(3)17(15)12(2)24-11)18(23)20-10-14-6-4-5-13(8-14)9-19/h4-6,8,11-12H,7,10H2,1-3H3,(H,20,23)/t11-,12+/m1/s1. The van der Waals surface area contributed by atoms with Crippen LogP contribution in [0.15, 0.2) is 24.3 Å². The molecule has 6 heteroatoms. The van der Waals surface area contributed by atoms with E-state index in [1.165, 1.54) is 0 Å². The first-order valence-electron chi connectivity index (χ1n) is 7.98. The molecule has 1 amide bonds. The van der Waals surface area contributed by atoms with Crippen LogP contribution in [-0.2, 0) is 24.8 Å². The highest BCUT2D eigenvalue weighted by Crippen LogP contribution is 2.31. The van der Waals surface area contributed by atoms with Crippen LogP contribution in [0.5, 0.6) is 0 Å². The molecule has 1 N–H and O–H groups in total. The molecule has 0 radical (unpaired) electrons. The van der Waals surface area contributed by atoms with E-state index in [0.717, 1.165) is 16.8 Å². The molecule has 124 valence electrons. The van der Waals surface area contributed by atoms with Gasteiger partial charge in [-0.25, -0.2) is 0 Å². The van der Waals surface area contributed by atoms with Crippen LogP contribution in [0.2, 0.25) is 0 Å². The van der Waals surface area contributed by atoms with Crippen molar-refractivity contribution in [3.8, 4) is 6.07 Å². The Morgan fingerprint density at radius 3 is 3.04 bits per heavy atom. The van der Waals surface area contributed by atoms with Gasteiger partial charge in [-0.3, -0.25) is 9.48 Å². The van der Waals surface area contributed by atoms with Crippen LogP contribution in [0.1, 0.15) is 52.8 Å².